The molecule has 0 fully saturated rings. The number of ether oxygens (including phenoxy) is 12. The van der Waals surface area contributed by atoms with Crippen LogP contribution in [0.1, 0.15) is 41.4 Å². The van der Waals surface area contributed by atoms with E-state index in [1.165, 1.54) is 43.2 Å². The van der Waals surface area contributed by atoms with Crippen molar-refractivity contribution in [3.63, 3.8) is 0 Å². The molecular weight excluding hydrogens is 1260 g/mol. The first-order chi connectivity index (χ1) is 45.3. The molecule has 0 atom stereocenters. The maximum absolute atomic E-state index is 14.1. The molecule has 0 radical (unpaired) electrons. The molecule has 0 saturated carbocycles. The molecule has 0 saturated heterocycles. The van der Waals surface area contributed by atoms with Gasteiger partial charge in [-0.2, -0.15) is 0 Å². The molecule has 3 heterocycles. The van der Waals surface area contributed by atoms with Crippen LogP contribution in [0.5, 0.6) is 46.0 Å². The van der Waals surface area contributed by atoms with Crippen molar-refractivity contribution in [2.75, 3.05) is 127 Å². The van der Waals surface area contributed by atoms with Gasteiger partial charge in [-0.1, -0.05) is 91.7 Å². The van der Waals surface area contributed by atoms with Gasteiger partial charge in [0.1, 0.15) is 52.9 Å². The second-order valence-electron chi connectivity index (χ2n) is 20.0. The van der Waals surface area contributed by atoms with E-state index in [1.54, 1.807) is 121 Å². The Morgan fingerprint density at radius 2 is 0.424 bits per heavy atom. The van der Waals surface area contributed by atoms with Gasteiger partial charge in [0.2, 0.25) is 0 Å². The third-order valence-electron chi connectivity index (χ3n) is 13.7. The summed E-state index contributed by atoms with van der Waals surface area (Å²) in [5, 5.41) is 12.1. The third-order valence-corrected chi connectivity index (χ3v) is 18.6. The molecule has 8 aromatic rings. The molecule has 0 aromatic heterocycles. The number of benzene rings is 8. The number of anilines is 4. The Labute approximate surface area is 547 Å². The van der Waals surface area contributed by atoms with E-state index in [9.17, 15) is 19.2 Å². The maximum atomic E-state index is 14.1. The lowest BCUT2D eigenvalue weighted by Gasteiger charge is -2.17. The van der Waals surface area contributed by atoms with Crippen LogP contribution in [0.3, 0.4) is 0 Å². The van der Waals surface area contributed by atoms with E-state index in [0.717, 1.165) is 0 Å². The highest BCUT2D eigenvalue weighted by molar-refractivity contribution is 8.77. The largest absolute Gasteiger partial charge is 0.487 e. The molecule has 0 unspecified atom stereocenters. The van der Waals surface area contributed by atoms with Crippen LogP contribution in [-0.2, 0) is 18.9 Å². The molecule has 20 nitrogen and oxygen atoms in total. The zero-order chi connectivity index (χ0) is 63.1. The number of fused-ring (bicyclic) bond motifs is 20. The Hall–Kier alpha value is -8.72. The summed E-state index contributed by atoms with van der Waals surface area (Å²) in [6, 6.07) is 49.5. The fraction of sp³-hybridized carbons (Fsp3) is 0.235. The van der Waals surface area contributed by atoms with Crippen LogP contribution in [0.2, 0.25) is 0 Å². The minimum Gasteiger partial charge on any atom is -0.487 e. The van der Waals surface area contributed by atoms with Crippen LogP contribution in [0.15, 0.2) is 189 Å². The quantitative estimate of drug-likeness (QED) is 0.0817. The van der Waals surface area contributed by atoms with E-state index in [2.05, 4.69) is 21.3 Å². The molecule has 24 heteroatoms. The van der Waals surface area contributed by atoms with Crippen molar-refractivity contribution in [2.45, 2.75) is 19.6 Å². The summed E-state index contributed by atoms with van der Waals surface area (Å²) in [6.07, 6.45) is 0. The number of nitrogens with one attached hydrogen (secondary N) is 4. The SMILES string of the molecule is O=C1Nc2ccc3c(c2)OCCOCCOc2cc(ccc2OCCOCCO3)NC(=O)c2ccccc2SSc2ccccc2C(=O)Nc2ccc3c(c2)OCCOCCOc2cc(ccc2OCCOCCO3)NC(=O)c2ccccc2SSc2ccccc21. The molecule has 92 heavy (non-hydrogen) atoms. The normalized spacial score (nSPS) is 16.3. The van der Waals surface area contributed by atoms with Gasteiger partial charge < -0.3 is 78.1 Å². The van der Waals surface area contributed by atoms with Crippen LogP contribution in [0.25, 0.3) is 0 Å². The molecule has 3 aliphatic heterocycles. The molecule has 0 aliphatic carbocycles. The van der Waals surface area contributed by atoms with Crippen molar-refractivity contribution in [2.24, 2.45) is 0 Å². The summed E-state index contributed by atoms with van der Waals surface area (Å²) in [6.45, 7) is 3.00. The Balaban J connectivity index is 0.839. The Morgan fingerprint density at radius 1 is 0.228 bits per heavy atom. The fourth-order valence-electron chi connectivity index (χ4n) is 9.24. The predicted molar refractivity (Wildman–Crippen MR) is 354 cm³/mol. The van der Waals surface area contributed by atoms with Crippen molar-refractivity contribution in [3.05, 3.63) is 192 Å². The van der Waals surface area contributed by atoms with Crippen molar-refractivity contribution >= 4 is 89.6 Å². The van der Waals surface area contributed by atoms with Crippen LogP contribution in [-0.4, -0.2) is 129 Å². The Bertz CT molecular complexity index is 3370. The summed E-state index contributed by atoms with van der Waals surface area (Å²) in [4.78, 5) is 59.1. The minimum absolute atomic E-state index is 0.140. The third kappa shape index (κ3) is 18.3. The second kappa shape index (κ2) is 33.6. The standard InChI is InChI=1S/C68H64N4O16S4/c73-65-49-9-1-5-13-61(49)89-90-62-14-6-2-10-50(62)66(74)70-46-18-22-54-58(42-46)86-39-31-80-32-40-88-60-44-48(20-24-56(60)84-36-28-78-27-35-82-54)72-68(76)52-12-4-8-16-64(52)92-91-63-15-7-3-11-51(63)67(75)71-47-19-23-55-59(43-47)87-38-30-79-29-37-85-57-41-45(69-65)17-21-53(57)81-33-25-77-26-34-83-55/h1-24,41-44H,25-40H2,(H,69,73)(H,70,74)(H,71,75)(H,72,76). The second-order valence-corrected chi connectivity index (χ2v) is 24.4. The van der Waals surface area contributed by atoms with Gasteiger partial charge in [0.15, 0.2) is 46.0 Å². The van der Waals surface area contributed by atoms with E-state index >= 15 is 0 Å². The van der Waals surface area contributed by atoms with Gasteiger partial charge >= 0.3 is 0 Å². The average Bonchev–Trinajstić information content (AvgIpc) is 1.70. The van der Waals surface area contributed by atoms with Gasteiger partial charge in [0.25, 0.3) is 23.6 Å². The van der Waals surface area contributed by atoms with Gasteiger partial charge in [-0.25, -0.2) is 0 Å². The van der Waals surface area contributed by atoms with Gasteiger partial charge in [-0.15, -0.1) is 0 Å². The molecule has 8 aromatic carbocycles. The lowest BCUT2D eigenvalue weighted by Crippen LogP contribution is -2.16. The summed E-state index contributed by atoms with van der Waals surface area (Å²) >= 11 is 0. The first-order valence-corrected chi connectivity index (χ1v) is 33.8. The van der Waals surface area contributed by atoms with E-state index < -0.39 is 0 Å². The highest BCUT2D eigenvalue weighted by Crippen LogP contribution is 2.44. The van der Waals surface area contributed by atoms with E-state index in [4.69, 9.17) is 56.8 Å². The summed E-state index contributed by atoms with van der Waals surface area (Å²) in [5.74, 6) is 1.85. The predicted octanol–water partition coefficient (Wildman–Crippen LogP) is 13.1. The van der Waals surface area contributed by atoms with Crippen molar-refractivity contribution in [1.82, 2.24) is 0 Å². The molecule has 4 N–H and O–H groups in total. The first-order valence-electron chi connectivity index (χ1n) is 29.5. The molecule has 11 rings (SSSR count). The number of hydrogen-bond acceptors (Lipinski definition) is 20. The molecular formula is C68H64N4O16S4. The summed E-state index contributed by atoms with van der Waals surface area (Å²) in [7, 11) is 5.37. The zero-order valence-corrected chi connectivity index (χ0v) is 52.9. The lowest BCUT2D eigenvalue weighted by atomic mass is 10.2. The molecule has 8 bridgehead atoms. The van der Waals surface area contributed by atoms with Crippen LogP contribution in [0, 0.1) is 0 Å². The lowest BCUT2D eigenvalue weighted by molar-refractivity contribution is 0.0640. The van der Waals surface area contributed by atoms with Gasteiger partial charge in [0.05, 0.1) is 75.1 Å². The molecule has 4 amide bonds. The Morgan fingerprint density at radius 3 is 0.641 bits per heavy atom. The van der Waals surface area contributed by atoms with Gasteiger partial charge in [-0.3, -0.25) is 19.2 Å². The number of carbonyl (C=O) groups excluding carboxylic acids is 4. The molecule has 3 aliphatic rings. The maximum Gasteiger partial charge on any atom is 0.256 e. The van der Waals surface area contributed by atoms with Crippen molar-refractivity contribution < 1.29 is 76.0 Å². The zero-order valence-electron chi connectivity index (χ0n) is 49.6. The smallest absolute Gasteiger partial charge is 0.256 e. The van der Waals surface area contributed by atoms with E-state index in [0.29, 0.717) is 111 Å². The summed E-state index contributed by atoms with van der Waals surface area (Å²) < 4.78 is 72.9. The Kier molecular flexibility index (Phi) is 23.6. The summed E-state index contributed by atoms with van der Waals surface area (Å²) in [5.41, 5.74) is 3.50. The fourth-order valence-corrected chi connectivity index (χ4v) is 14.0. The van der Waals surface area contributed by atoms with Gasteiger partial charge in [-0.05, 0) is 97.1 Å². The van der Waals surface area contributed by atoms with Gasteiger partial charge in [0, 0.05) is 66.6 Å². The number of rotatable bonds is 0. The highest BCUT2D eigenvalue weighted by atomic mass is 33.1. The van der Waals surface area contributed by atoms with E-state index in [1.807, 2.05) is 48.5 Å². The highest BCUT2D eigenvalue weighted by Gasteiger charge is 2.22. The average molecular weight is 1320 g/mol. The van der Waals surface area contributed by atoms with Crippen LogP contribution < -0.4 is 59.2 Å². The topological polar surface area (TPSA) is 227 Å². The van der Waals surface area contributed by atoms with Crippen molar-refractivity contribution in [3.8, 4) is 46.0 Å². The minimum atomic E-state index is -0.362. The van der Waals surface area contributed by atoms with Crippen LogP contribution in [0.4, 0.5) is 22.7 Å². The number of hydrogen-bond donors (Lipinski definition) is 4. The molecule has 476 valence electrons. The monoisotopic (exact) mass is 1320 g/mol. The first kappa shape index (κ1) is 64.8. The van der Waals surface area contributed by atoms with E-state index in [-0.39, 0.29) is 129 Å². The van der Waals surface area contributed by atoms with Crippen molar-refractivity contribution in [1.29, 1.82) is 0 Å². The van der Waals surface area contributed by atoms with Crippen LogP contribution >= 0.6 is 43.2 Å². The number of carbonyl (C=O) groups is 4. The number of amides is 4. The molecule has 0 spiro atoms.